The number of carbonyl (C=O) groups excluding carboxylic acids is 2. The van der Waals surface area contributed by atoms with Gasteiger partial charge in [-0.3, -0.25) is 4.79 Å². The monoisotopic (exact) mass is 491 g/mol. The molecule has 0 bridgehead atoms. The Morgan fingerprint density at radius 2 is 1.36 bits per heavy atom. The highest BCUT2D eigenvalue weighted by molar-refractivity contribution is 5.95. The molecule has 0 unspecified atom stereocenters. The van der Waals surface area contributed by atoms with Crippen LogP contribution in [0.5, 0.6) is 17.2 Å². The first-order chi connectivity index (χ1) is 17.2. The molecular formula is C29H33NO6. The summed E-state index contributed by atoms with van der Waals surface area (Å²) >= 11 is 0. The van der Waals surface area contributed by atoms with Crippen LogP contribution in [-0.4, -0.2) is 44.8 Å². The van der Waals surface area contributed by atoms with Crippen LogP contribution >= 0.6 is 0 Å². The molecule has 0 atom stereocenters. The van der Waals surface area contributed by atoms with Crippen LogP contribution in [0.15, 0.2) is 66.7 Å². The molecule has 0 radical (unpaired) electrons. The van der Waals surface area contributed by atoms with Gasteiger partial charge in [-0.05, 0) is 68.1 Å². The van der Waals surface area contributed by atoms with E-state index in [1.165, 1.54) is 0 Å². The molecule has 0 spiro atoms. The molecule has 1 amide bonds. The van der Waals surface area contributed by atoms with Gasteiger partial charge in [0.25, 0.3) is 5.91 Å². The molecular weight excluding hydrogens is 458 g/mol. The van der Waals surface area contributed by atoms with E-state index in [4.69, 9.17) is 18.9 Å². The lowest BCUT2D eigenvalue weighted by Crippen LogP contribution is -2.39. The van der Waals surface area contributed by atoms with E-state index in [1.54, 1.807) is 53.2 Å². The molecule has 0 saturated carbocycles. The molecule has 0 aliphatic rings. The van der Waals surface area contributed by atoms with Gasteiger partial charge in [-0.1, -0.05) is 36.4 Å². The first-order valence-electron chi connectivity index (χ1n) is 11.8. The number of hydrogen-bond acceptors (Lipinski definition) is 6. The van der Waals surface area contributed by atoms with Crippen LogP contribution < -0.4 is 19.5 Å². The van der Waals surface area contributed by atoms with Crippen LogP contribution in [0.25, 0.3) is 11.1 Å². The van der Waals surface area contributed by atoms with E-state index in [1.807, 2.05) is 48.5 Å². The lowest BCUT2D eigenvalue weighted by Gasteiger charge is -2.24. The third-order valence-electron chi connectivity index (χ3n) is 5.59. The lowest BCUT2D eigenvalue weighted by molar-refractivity contribution is -0.158. The quantitative estimate of drug-likeness (QED) is 0.378. The summed E-state index contributed by atoms with van der Waals surface area (Å²) in [5.74, 6) is 1.15. The van der Waals surface area contributed by atoms with Gasteiger partial charge in [-0.15, -0.1) is 0 Å². The molecule has 3 aromatic carbocycles. The zero-order chi connectivity index (χ0) is 26.1. The predicted octanol–water partition coefficient (Wildman–Crippen LogP) is 5.06. The Kier molecular flexibility index (Phi) is 8.95. The fraction of sp³-hybridized carbons (Fsp3) is 0.310. The van der Waals surface area contributed by atoms with Gasteiger partial charge in [0.1, 0.15) is 17.2 Å². The van der Waals surface area contributed by atoms with Gasteiger partial charge in [0.15, 0.2) is 5.60 Å². The lowest BCUT2D eigenvalue weighted by atomic mass is 10.0. The molecule has 36 heavy (non-hydrogen) atoms. The summed E-state index contributed by atoms with van der Waals surface area (Å²) in [6.07, 6.45) is 0.697. The highest BCUT2D eigenvalue weighted by Gasteiger charge is 2.31. The maximum atomic E-state index is 12.5. The maximum Gasteiger partial charge on any atom is 0.349 e. The Bertz CT molecular complexity index is 1150. The van der Waals surface area contributed by atoms with Gasteiger partial charge in [-0.25, -0.2) is 4.79 Å². The average molecular weight is 492 g/mol. The number of rotatable bonds is 11. The summed E-state index contributed by atoms with van der Waals surface area (Å²) in [4.78, 5) is 24.6. The van der Waals surface area contributed by atoms with Crippen molar-refractivity contribution in [2.24, 2.45) is 0 Å². The van der Waals surface area contributed by atoms with Crippen molar-refractivity contribution in [3.63, 3.8) is 0 Å². The van der Waals surface area contributed by atoms with Gasteiger partial charge in [0, 0.05) is 18.2 Å². The minimum absolute atomic E-state index is 0.183. The average Bonchev–Trinajstić information content (AvgIpc) is 2.89. The Hall–Kier alpha value is -4.00. The van der Waals surface area contributed by atoms with E-state index in [0.717, 1.165) is 16.7 Å². The fourth-order valence-corrected chi connectivity index (χ4v) is 3.58. The van der Waals surface area contributed by atoms with Crippen molar-refractivity contribution in [1.29, 1.82) is 0 Å². The fourth-order valence-electron chi connectivity index (χ4n) is 3.58. The summed E-state index contributed by atoms with van der Waals surface area (Å²) in [6, 6.07) is 20.9. The molecule has 1 N–H and O–H groups in total. The van der Waals surface area contributed by atoms with Crippen molar-refractivity contribution < 1.29 is 28.5 Å². The van der Waals surface area contributed by atoms with Crippen LogP contribution in [0.2, 0.25) is 0 Å². The molecule has 0 aliphatic carbocycles. The van der Waals surface area contributed by atoms with Crippen LogP contribution in [0.4, 0.5) is 0 Å². The number of benzene rings is 3. The minimum Gasteiger partial charge on any atom is -0.497 e. The molecule has 0 aromatic heterocycles. The van der Waals surface area contributed by atoms with Crippen molar-refractivity contribution in [1.82, 2.24) is 5.32 Å². The topological polar surface area (TPSA) is 83.1 Å². The van der Waals surface area contributed by atoms with Crippen LogP contribution in [0, 0.1) is 0 Å². The zero-order valence-electron chi connectivity index (χ0n) is 21.4. The van der Waals surface area contributed by atoms with E-state index in [9.17, 15) is 9.59 Å². The van der Waals surface area contributed by atoms with Crippen molar-refractivity contribution in [3.05, 3.63) is 77.9 Å². The number of amides is 1. The van der Waals surface area contributed by atoms with E-state index >= 15 is 0 Å². The van der Waals surface area contributed by atoms with E-state index in [2.05, 4.69) is 5.32 Å². The maximum absolute atomic E-state index is 12.5. The second-order valence-corrected chi connectivity index (χ2v) is 8.66. The summed E-state index contributed by atoms with van der Waals surface area (Å²) in [6.45, 7) is 5.95. The molecule has 3 aromatic rings. The Morgan fingerprint density at radius 3 is 1.89 bits per heavy atom. The molecule has 0 aliphatic heterocycles. The number of nitrogens with one attached hydrogen (secondary N) is 1. The largest absolute Gasteiger partial charge is 0.497 e. The van der Waals surface area contributed by atoms with E-state index < -0.39 is 11.6 Å². The van der Waals surface area contributed by atoms with Gasteiger partial charge in [-0.2, -0.15) is 0 Å². The Morgan fingerprint density at radius 1 is 0.806 bits per heavy atom. The third-order valence-corrected chi connectivity index (χ3v) is 5.59. The second kappa shape index (κ2) is 12.1. The standard InChI is InChI=1S/C29H33NO6/c1-6-35-28(32)29(2,3)36-24-13-11-22(12-14-24)21-9-7-20(8-10-21)15-16-30-27(31)23-17-25(33-4)19-26(18-23)34-5/h7-14,17-19H,6,15-16H2,1-5H3,(H,30,31). The number of methoxy groups -OCH3 is 2. The zero-order valence-corrected chi connectivity index (χ0v) is 21.4. The molecule has 0 fully saturated rings. The second-order valence-electron chi connectivity index (χ2n) is 8.66. The number of ether oxygens (including phenoxy) is 4. The Balaban J connectivity index is 1.55. The predicted molar refractivity (Wildman–Crippen MR) is 139 cm³/mol. The Labute approximate surface area is 212 Å². The molecule has 7 nitrogen and oxygen atoms in total. The SMILES string of the molecule is CCOC(=O)C(C)(C)Oc1ccc(-c2ccc(CCNC(=O)c3cc(OC)cc(OC)c3)cc2)cc1. The minimum atomic E-state index is -1.06. The number of esters is 1. The van der Waals surface area contributed by atoms with Gasteiger partial charge in [0.2, 0.25) is 0 Å². The first kappa shape index (κ1) is 26.6. The van der Waals surface area contributed by atoms with Gasteiger partial charge >= 0.3 is 5.97 Å². The molecule has 3 rings (SSSR count). The van der Waals surface area contributed by atoms with Crippen molar-refractivity contribution >= 4 is 11.9 Å². The van der Waals surface area contributed by atoms with Crippen molar-refractivity contribution in [3.8, 4) is 28.4 Å². The molecule has 0 heterocycles. The van der Waals surface area contributed by atoms with Crippen molar-refractivity contribution in [2.45, 2.75) is 32.8 Å². The summed E-state index contributed by atoms with van der Waals surface area (Å²) in [7, 11) is 3.10. The summed E-state index contributed by atoms with van der Waals surface area (Å²) < 4.78 is 21.4. The van der Waals surface area contributed by atoms with Gasteiger partial charge in [0.05, 0.1) is 20.8 Å². The van der Waals surface area contributed by atoms with Gasteiger partial charge < -0.3 is 24.3 Å². The summed E-state index contributed by atoms with van der Waals surface area (Å²) in [5.41, 5.74) is 2.62. The van der Waals surface area contributed by atoms with E-state index in [-0.39, 0.29) is 5.91 Å². The third kappa shape index (κ3) is 7.01. The summed E-state index contributed by atoms with van der Waals surface area (Å²) in [5, 5.41) is 2.94. The van der Waals surface area contributed by atoms with Crippen LogP contribution in [0.3, 0.4) is 0 Å². The first-order valence-corrected chi connectivity index (χ1v) is 11.8. The highest BCUT2D eigenvalue weighted by atomic mass is 16.6. The smallest absolute Gasteiger partial charge is 0.349 e. The van der Waals surface area contributed by atoms with Crippen LogP contribution in [0.1, 0.15) is 36.7 Å². The molecule has 190 valence electrons. The molecule has 0 saturated heterocycles. The number of carbonyl (C=O) groups is 2. The highest BCUT2D eigenvalue weighted by Crippen LogP contribution is 2.26. The van der Waals surface area contributed by atoms with Crippen LogP contribution in [-0.2, 0) is 16.0 Å². The number of hydrogen-bond donors (Lipinski definition) is 1. The molecule has 7 heteroatoms. The normalized spacial score (nSPS) is 10.9. The van der Waals surface area contributed by atoms with E-state index in [0.29, 0.717) is 42.4 Å². The van der Waals surface area contributed by atoms with Crippen molar-refractivity contribution in [2.75, 3.05) is 27.4 Å².